The zero-order chi connectivity index (χ0) is 21.5. The van der Waals surface area contributed by atoms with Crippen molar-refractivity contribution in [2.24, 2.45) is 5.92 Å². The Balaban J connectivity index is 1.52. The molecule has 3 heterocycles. The van der Waals surface area contributed by atoms with E-state index in [1.165, 1.54) is 38.8 Å². The number of piperidine rings is 1. The number of fused-ring (bicyclic) bond motifs is 1. The smallest absolute Gasteiger partial charge is 0.320 e. The SMILES string of the molecule is CCCCOc1nc(N)c2c(n1)N(CCCC1CCN(C(CC)CC)CC1)C(=O)C2. The van der Waals surface area contributed by atoms with Crippen LogP contribution in [0.5, 0.6) is 6.01 Å². The van der Waals surface area contributed by atoms with Crippen molar-refractivity contribution in [2.45, 2.75) is 84.6 Å². The van der Waals surface area contributed by atoms with Crippen LogP contribution in [-0.4, -0.2) is 53.1 Å². The summed E-state index contributed by atoms with van der Waals surface area (Å²) in [6.07, 6.45) is 9.47. The Morgan fingerprint density at radius 3 is 2.53 bits per heavy atom. The lowest BCUT2D eigenvalue weighted by Crippen LogP contribution is -2.41. The first-order chi connectivity index (χ1) is 14.6. The van der Waals surface area contributed by atoms with Gasteiger partial charge < -0.3 is 15.4 Å². The number of aromatic nitrogens is 2. The molecular weight excluding hydrogens is 378 g/mol. The summed E-state index contributed by atoms with van der Waals surface area (Å²) in [5, 5.41) is 0. The third-order valence-electron chi connectivity index (χ3n) is 6.71. The molecule has 1 saturated heterocycles. The molecule has 168 valence electrons. The van der Waals surface area contributed by atoms with Crippen molar-refractivity contribution < 1.29 is 9.53 Å². The van der Waals surface area contributed by atoms with Crippen LogP contribution in [0.2, 0.25) is 0 Å². The highest BCUT2D eigenvalue weighted by Gasteiger charge is 2.32. The summed E-state index contributed by atoms with van der Waals surface area (Å²) in [6.45, 7) is 10.4. The number of carbonyl (C=O) groups excluding carboxylic acids is 1. The minimum Gasteiger partial charge on any atom is -0.463 e. The molecule has 1 aromatic heterocycles. The number of rotatable bonds is 11. The van der Waals surface area contributed by atoms with Gasteiger partial charge in [-0.2, -0.15) is 9.97 Å². The van der Waals surface area contributed by atoms with Gasteiger partial charge in [-0.15, -0.1) is 0 Å². The van der Waals surface area contributed by atoms with E-state index >= 15 is 0 Å². The molecule has 0 atom stereocenters. The number of unbranched alkanes of at least 4 members (excludes halogenated alkanes) is 1. The second-order valence-corrected chi connectivity index (χ2v) is 8.71. The number of nitrogens with zero attached hydrogens (tertiary/aromatic N) is 4. The van der Waals surface area contributed by atoms with E-state index < -0.39 is 0 Å². The lowest BCUT2D eigenvalue weighted by molar-refractivity contribution is -0.117. The molecule has 1 amide bonds. The Labute approximate surface area is 181 Å². The number of amides is 1. The number of ether oxygens (including phenoxy) is 1. The lowest BCUT2D eigenvalue weighted by Gasteiger charge is -2.37. The van der Waals surface area contributed by atoms with Crippen molar-refractivity contribution in [2.75, 3.05) is 36.9 Å². The van der Waals surface area contributed by atoms with E-state index in [0.29, 0.717) is 31.2 Å². The van der Waals surface area contributed by atoms with Crippen LogP contribution < -0.4 is 15.4 Å². The first kappa shape index (κ1) is 22.8. The summed E-state index contributed by atoms with van der Waals surface area (Å²) in [7, 11) is 0. The van der Waals surface area contributed by atoms with E-state index in [0.717, 1.165) is 43.2 Å². The number of hydrogen-bond donors (Lipinski definition) is 1. The number of nitrogens with two attached hydrogens (primary N) is 1. The van der Waals surface area contributed by atoms with E-state index in [-0.39, 0.29) is 11.9 Å². The number of likely N-dealkylation sites (tertiary alicyclic amines) is 1. The normalized spacial score (nSPS) is 17.7. The standard InChI is InChI=1S/C23H39N5O2/c1-4-7-15-30-23-25-21(24)19-16-20(29)28(22(19)26-23)12-8-9-17-10-13-27(14-11-17)18(5-2)6-3/h17-18H,4-16H2,1-3H3,(H2,24,25,26). The van der Waals surface area contributed by atoms with Crippen LogP contribution in [0.3, 0.4) is 0 Å². The Kier molecular flexibility index (Phi) is 8.31. The highest BCUT2D eigenvalue weighted by atomic mass is 16.5. The molecule has 7 nitrogen and oxygen atoms in total. The largest absolute Gasteiger partial charge is 0.463 e. The molecule has 1 aromatic rings. The van der Waals surface area contributed by atoms with Crippen molar-refractivity contribution in [1.29, 1.82) is 0 Å². The van der Waals surface area contributed by atoms with Crippen LogP contribution in [0.25, 0.3) is 0 Å². The molecule has 0 bridgehead atoms. The van der Waals surface area contributed by atoms with Crippen molar-refractivity contribution in [1.82, 2.24) is 14.9 Å². The fourth-order valence-electron chi connectivity index (χ4n) is 4.78. The van der Waals surface area contributed by atoms with Crippen LogP contribution in [0, 0.1) is 5.92 Å². The van der Waals surface area contributed by atoms with E-state index in [9.17, 15) is 4.79 Å². The summed E-state index contributed by atoms with van der Waals surface area (Å²) < 4.78 is 5.64. The first-order valence-corrected chi connectivity index (χ1v) is 11.9. The Morgan fingerprint density at radius 1 is 1.13 bits per heavy atom. The average molecular weight is 418 g/mol. The third kappa shape index (κ3) is 5.42. The summed E-state index contributed by atoms with van der Waals surface area (Å²) in [4.78, 5) is 25.8. The quantitative estimate of drug-likeness (QED) is 0.551. The van der Waals surface area contributed by atoms with Crippen molar-refractivity contribution in [3.05, 3.63) is 5.56 Å². The summed E-state index contributed by atoms with van der Waals surface area (Å²) >= 11 is 0. The van der Waals surface area contributed by atoms with Gasteiger partial charge in [-0.25, -0.2) is 0 Å². The molecule has 0 aromatic carbocycles. The molecule has 2 N–H and O–H groups in total. The second kappa shape index (κ2) is 10.9. The maximum Gasteiger partial charge on any atom is 0.320 e. The molecule has 2 aliphatic rings. The average Bonchev–Trinajstić information content (AvgIpc) is 3.06. The summed E-state index contributed by atoms with van der Waals surface area (Å²) in [5.41, 5.74) is 6.84. The predicted molar refractivity (Wildman–Crippen MR) is 121 cm³/mol. The maximum absolute atomic E-state index is 12.6. The third-order valence-corrected chi connectivity index (χ3v) is 6.71. The van der Waals surface area contributed by atoms with Gasteiger partial charge >= 0.3 is 6.01 Å². The molecule has 3 rings (SSSR count). The van der Waals surface area contributed by atoms with Crippen molar-refractivity contribution >= 4 is 17.5 Å². The molecule has 30 heavy (non-hydrogen) atoms. The van der Waals surface area contributed by atoms with Gasteiger partial charge in [0.2, 0.25) is 5.91 Å². The minimum absolute atomic E-state index is 0.0697. The van der Waals surface area contributed by atoms with Crippen molar-refractivity contribution in [3.63, 3.8) is 0 Å². The number of carbonyl (C=O) groups is 1. The Morgan fingerprint density at radius 2 is 1.87 bits per heavy atom. The van der Waals surface area contributed by atoms with Crippen LogP contribution in [-0.2, 0) is 11.2 Å². The topological polar surface area (TPSA) is 84.6 Å². The molecule has 0 radical (unpaired) electrons. The number of hydrogen-bond acceptors (Lipinski definition) is 6. The van der Waals surface area contributed by atoms with Gasteiger partial charge in [0.05, 0.1) is 13.0 Å². The van der Waals surface area contributed by atoms with Gasteiger partial charge in [-0.3, -0.25) is 9.69 Å². The molecule has 0 saturated carbocycles. The molecular formula is C23H39N5O2. The maximum atomic E-state index is 12.6. The highest BCUT2D eigenvalue weighted by Crippen LogP contribution is 2.33. The molecule has 0 spiro atoms. The van der Waals surface area contributed by atoms with Crippen LogP contribution in [0.4, 0.5) is 11.6 Å². The molecule has 1 fully saturated rings. The van der Waals surface area contributed by atoms with Gasteiger partial charge in [0.1, 0.15) is 11.6 Å². The first-order valence-electron chi connectivity index (χ1n) is 11.9. The lowest BCUT2D eigenvalue weighted by atomic mass is 9.91. The summed E-state index contributed by atoms with van der Waals surface area (Å²) in [6, 6.07) is 1.02. The van der Waals surface area contributed by atoms with E-state index in [4.69, 9.17) is 10.5 Å². The fraction of sp³-hybridized carbons (Fsp3) is 0.783. The van der Waals surface area contributed by atoms with E-state index in [2.05, 4.69) is 35.6 Å². The zero-order valence-electron chi connectivity index (χ0n) is 19.0. The molecule has 0 unspecified atom stereocenters. The summed E-state index contributed by atoms with van der Waals surface area (Å²) in [5.74, 6) is 1.86. The van der Waals surface area contributed by atoms with Crippen LogP contribution in [0.1, 0.15) is 77.7 Å². The van der Waals surface area contributed by atoms with Crippen molar-refractivity contribution in [3.8, 4) is 6.01 Å². The van der Waals surface area contributed by atoms with E-state index in [1.807, 2.05) is 0 Å². The highest BCUT2D eigenvalue weighted by molar-refractivity contribution is 6.01. The molecule has 0 aliphatic carbocycles. The Hall–Kier alpha value is -1.89. The zero-order valence-corrected chi connectivity index (χ0v) is 19.0. The minimum atomic E-state index is 0.0697. The van der Waals surface area contributed by atoms with Crippen LogP contribution in [0.15, 0.2) is 0 Å². The predicted octanol–water partition coefficient (Wildman–Crippen LogP) is 3.81. The number of nitrogen functional groups attached to an aromatic ring is 1. The van der Waals surface area contributed by atoms with E-state index in [1.54, 1.807) is 4.90 Å². The van der Waals surface area contributed by atoms with Crippen LogP contribution >= 0.6 is 0 Å². The number of anilines is 2. The Bertz CT molecular complexity index is 699. The second-order valence-electron chi connectivity index (χ2n) is 8.71. The van der Waals surface area contributed by atoms with Gasteiger partial charge in [-0.1, -0.05) is 27.2 Å². The van der Waals surface area contributed by atoms with Gasteiger partial charge in [0, 0.05) is 18.2 Å². The molecule has 2 aliphatic heterocycles. The molecule has 7 heteroatoms. The van der Waals surface area contributed by atoms with Gasteiger partial charge in [0.15, 0.2) is 0 Å². The monoisotopic (exact) mass is 417 g/mol. The fourth-order valence-corrected chi connectivity index (χ4v) is 4.78. The van der Waals surface area contributed by atoms with Gasteiger partial charge in [0.25, 0.3) is 0 Å². The van der Waals surface area contributed by atoms with Gasteiger partial charge in [-0.05, 0) is 64.0 Å².